The third-order valence-electron chi connectivity index (χ3n) is 2.75. The van der Waals surface area contributed by atoms with Crippen molar-refractivity contribution < 1.29 is 24.6 Å². The maximum absolute atomic E-state index is 11.9. The Balaban J connectivity index is 3.03. The van der Waals surface area contributed by atoms with Crippen LogP contribution in [0.2, 0.25) is 0 Å². The van der Waals surface area contributed by atoms with Crippen LogP contribution in [-0.4, -0.2) is 45.5 Å². The second kappa shape index (κ2) is 6.72. The monoisotopic (exact) mass is 267 g/mol. The first-order chi connectivity index (χ1) is 8.97. The number of carbonyl (C=O) groups excluding carboxylic acids is 1. The van der Waals surface area contributed by atoms with E-state index in [9.17, 15) is 19.5 Å². The lowest BCUT2D eigenvalue weighted by Crippen LogP contribution is -2.48. The molecule has 1 aliphatic carbocycles. The highest BCUT2D eigenvalue weighted by molar-refractivity contribution is 5.89. The zero-order valence-electron chi connectivity index (χ0n) is 10.7. The molecule has 0 bridgehead atoms. The summed E-state index contributed by atoms with van der Waals surface area (Å²) in [6.45, 7) is 1.17. The fourth-order valence-electron chi connectivity index (χ4n) is 1.96. The minimum atomic E-state index is -1.23. The van der Waals surface area contributed by atoms with Gasteiger partial charge >= 0.3 is 11.9 Å². The van der Waals surface area contributed by atoms with Crippen molar-refractivity contribution in [1.82, 2.24) is 4.90 Å². The van der Waals surface area contributed by atoms with Gasteiger partial charge in [-0.15, -0.1) is 0 Å². The molecule has 0 aromatic carbocycles. The third kappa shape index (κ3) is 3.94. The van der Waals surface area contributed by atoms with Crippen LogP contribution in [0, 0.1) is 0 Å². The van der Waals surface area contributed by atoms with Crippen LogP contribution in [0.5, 0.6) is 0 Å². The molecule has 6 heteroatoms. The third-order valence-corrected chi connectivity index (χ3v) is 2.75. The van der Waals surface area contributed by atoms with Crippen LogP contribution < -0.4 is 0 Å². The van der Waals surface area contributed by atoms with Crippen LogP contribution in [-0.2, 0) is 14.4 Å². The van der Waals surface area contributed by atoms with E-state index in [0.717, 1.165) is 4.90 Å². The summed E-state index contributed by atoms with van der Waals surface area (Å²) in [4.78, 5) is 35.0. The fourth-order valence-corrected chi connectivity index (χ4v) is 1.96. The van der Waals surface area contributed by atoms with Crippen molar-refractivity contribution in [3.8, 4) is 0 Å². The Bertz CT molecular complexity index is 438. The Morgan fingerprint density at radius 1 is 1.37 bits per heavy atom. The number of rotatable bonds is 7. The molecule has 6 nitrogen and oxygen atoms in total. The number of nitrogens with zero attached hydrogens (tertiary/aromatic N) is 1. The van der Waals surface area contributed by atoms with Gasteiger partial charge in [0.25, 0.3) is 0 Å². The Kier molecular flexibility index (Phi) is 5.29. The van der Waals surface area contributed by atoms with Crippen molar-refractivity contribution >= 4 is 17.8 Å². The van der Waals surface area contributed by atoms with Gasteiger partial charge in [-0.25, -0.2) is 4.79 Å². The highest BCUT2D eigenvalue weighted by Crippen LogP contribution is 2.19. The summed E-state index contributed by atoms with van der Waals surface area (Å²) in [6.07, 6.45) is 6.35. The first-order valence-electron chi connectivity index (χ1n) is 6.08. The zero-order chi connectivity index (χ0) is 14.4. The van der Waals surface area contributed by atoms with Gasteiger partial charge in [0.05, 0.1) is 0 Å². The van der Waals surface area contributed by atoms with E-state index >= 15 is 0 Å². The lowest BCUT2D eigenvalue weighted by Gasteiger charge is -2.28. The van der Waals surface area contributed by atoms with Crippen LogP contribution in [0.1, 0.15) is 26.2 Å². The van der Waals surface area contributed by atoms with E-state index in [0.29, 0.717) is 18.4 Å². The maximum atomic E-state index is 11.9. The molecule has 1 amide bonds. The van der Waals surface area contributed by atoms with Crippen molar-refractivity contribution in [2.24, 2.45) is 0 Å². The molecule has 0 radical (unpaired) electrons. The highest BCUT2D eigenvalue weighted by Gasteiger charge is 2.33. The lowest BCUT2D eigenvalue weighted by molar-refractivity contribution is -0.152. The minimum Gasteiger partial charge on any atom is -0.480 e. The predicted molar refractivity (Wildman–Crippen MR) is 67.5 cm³/mol. The van der Waals surface area contributed by atoms with Gasteiger partial charge in [-0.05, 0) is 18.4 Å². The molecular formula is C13H17NO5. The van der Waals surface area contributed by atoms with E-state index < -0.39 is 30.4 Å². The summed E-state index contributed by atoms with van der Waals surface area (Å²) in [5, 5.41) is 18.1. The van der Waals surface area contributed by atoms with Crippen molar-refractivity contribution in [2.45, 2.75) is 32.2 Å². The van der Waals surface area contributed by atoms with Crippen molar-refractivity contribution in [3.05, 3.63) is 23.8 Å². The molecule has 2 N–H and O–H groups in total. The first-order valence-corrected chi connectivity index (χ1v) is 6.08. The number of allylic oxidation sites excluding steroid dienone is 2. The van der Waals surface area contributed by atoms with E-state index in [1.165, 1.54) is 0 Å². The van der Waals surface area contributed by atoms with Gasteiger partial charge in [0.15, 0.2) is 6.04 Å². The highest BCUT2D eigenvalue weighted by atomic mass is 16.4. The number of aliphatic carboxylic acids is 2. The second-order valence-corrected chi connectivity index (χ2v) is 4.25. The SMILES string of the molecule is CCCC(=O)N(CC(=O)O)C(C(=O)O)C1=CCC=C1. The number of carboxylic acids is 2. The lowest BCUT2D eigenvalue weighted by atomic mass is 10.1. The van der Waals surface area contributed by atoms with Crippen LogP contribution in [0.25, 0.3) is 0 Å². The van der Waals surface area contributed by atoms with Gasteiger partial charge < -0.3 is 15.1 Å². The molecular weight excluding hydrogens is 250 g/mol. The van der Waals surface area contributed by atoms with E-state index in [1.54, 1.807) is 25.2 Å². The van der Waals surface area contributed by atoms with Crippen molar-refractivity contribution in [2.75, 3.05) is 6.54 Å². The Labute approximate surface area is 111 Å². The van der Waals surface area contributed by atoms with Crippen LogP contribution >= 0.6 is 0 Å². The number of carboxylic acid groups (broad SMARTS) is 2. The van der Waals surface area contributed by atoms with Gasteiger partial charge in [-0.1, -0.05) is 25.2 Å². The molecule has 1 atom stereocenters. The number of carbonyl (C=O) groups is 3. The molecule has 0 heterocycles. The summed E-state index contributed by atoms with van der Waals surface area (Å²) in [5.41, 5.74) is 0.457. The molecule has 19 heavy (non-hydrogen) atoms. The van der Waals surface area contributed by atoms with Crippen LogP contribution in [0.4, 0.5) is 0 Å². The van der Waals surface area contributed by atoms with E-state index in [2.05, 4.69) is 0 Å². The Morgan fingerprint density at radius 2 is 2.05 bits per heavy atom. The average Bonchev–Trinajstić information content (AvgIpc) is 2.81. The molecule has 0 saturated heterocycles. The molecule has 1 unspecified atom stereocenters. The summed E-state index contributed by atoms with van der Waals surface area (Å²) in [6, 6.07) is -1.23. The molecule has 104 valence electrons. The maximum Gasteiger partial charge on any atom is 0.331 e. The van der Waals surface area contributed by atoms with E-state index in [1.807, 2.05) is 0 Å². The molecule has 1 aliphatic rings. The predicted octanol–water partition coefficient (Wildman–Crippen LogP) is 1.04. The van der Waals surface area contributed by atoms with Gasteiger partial charge in [-0.3, -0.25) is 9.59 Å². The fraction of sp³-hybridized carbons (Fsp3) is 0.462. The van der Waals surface area contributed by atoms with Crippen molar-refractivity contribution in [1.29, 1.82) is 0 Å². The summed E-state index contributed by atoms with van der Waals surface area (Å²) in [7, 11) is 0. The number of hydrogen-bond donors (Lipinski definition) is 2. The smallest absolute Gasteiger partial charge is 0.331 e. The topological polar surface area (TPSA) is 94.9 Å². The van der Waals surface area contributed by atoms with Gasteiger partial charge in [0.2, 0.25) is 5.91 Å². The Morgan fingerprint density at radius 3 is 2.47 bits per heavy atom. The van der Waals surface area contributed by atoms with E-state index in [4.69, 9.17) is 5.11 Å². The molecule has 1 rings (SSSR count). The molecule has 0 spiro atoms. The zero-order valence-corrected chi connectivity index (χ0v) is 10.7. The normalized spacial score (nSPS) is 14.9. The molecule has 0 fully saturated rings. The molecule has 0 aromatic heterocycles. The number of hydrogen-bond acceptors (Lipinski definition) is 3. The first kappa shape index (κ1) is 14.9. The molecule has 0 aliphatic heterocycles. The van der Waals surface area contributed by atoms with Gasteiger partial charge in [-0.2, -0.15) is 0 Å². The summed E-state index contributed by atoms with van der Waals surface area (Å²) in [5.74, 6) is -2.90. The second-order valence-electron chi connectivity index (χ2n) is 4.25. The number of amides is 1. The van der Waals surface area contributed by atoms with E-state index in [-0.39, 0.29) is 6.42 Å². The summed E-state index contributed by atoms with van der Waals surface area (Å²) >= 11 is 0. The largest absolute Gasteiger partial charge is 0.480 e. The molecule has 0 saturated carbocycles. The average molecular weight is 267 g/mol. The summed E-state index contributed by atoms with van der Waals surface area (Å²) < 4.78 is 0. The quantitative estimate of drug-likeness (QED) is 0.718. The van der Waals surface area contributed by atoms with Gasteiger partial charge in [0.1, 0.15) is 6.54 Å². The van der Waals surface area contributed by atoms with Crippen LogP contribution in [0.3, 0.4) is 0 Å². The Hall–Kier alpha value is -2.11. The minimum absolute atomic E-state index is 0.133. The van der Waals surface area contributed by atoms with Crippen LogP contribution in [0.15, 0.2) is 23.8 Å². The standard InChI is InChI=1S/C13H17NO5/c1-2-5-10(15)14(8-11(16)17)12(13(18)19)9-6-3-4-7-9/h3,6-7,12H,2,4-5,8H2,1H3,(H,16,17)(H,18,19). The molecule has 0 aromatic rings. The van der Waals surface area contributed by atoms with Gasteiger partial charge in [0, 0.05) is 6.42 Å². The van der Waals surface area contributed by atoms with Crippen molar-refractivity contribution in [3.63, 3.8) is 0 Å².